The van der Waals surface area contributed by atoms with Gasteiger partial charge in [-0.25, -0.2) is 0 Å². The second-order valence-electron chi connectivity index (χ2n) is 5.61. The Labute approximate surface area is 140 Å². The number of benzene rings is 1. The van der Waals surface area contributed by atoms with Gasteiger partial charge in [-0.2, -0.15) is 4.98 Å². The van der Waals surface area contributed by atoms with E-state index in [2.05, 4.69) is 27.6 Å². The molecule has 122 valence electrons. The highest BCUT2D eigenvalue weighted by molar-refractivity contribution is 7.99. The Bertz CT molecular complexity index is 671. The van der Waals surface area contributed by atoms with Crippen molar-refractivity contribution in [2.24, 2.45) is 0 Å². The van der Waals surface area contributed by atoms with Gasteiger partial charge in [0.1, 0.15) is 0 Å². The van der Waals surface area contributed by atoms with Crippen LogP contribution in [0, 0.1) is 0 Å². The van der Waals surface area contributed by atoms with Crippen molar-refractivity contribution in [1.29, 1.82) is 0 Å². The molecule has 0 radical (unpaired) electrons. The van der Waals surface area contributed by atoms with E-state index in [0.29, 0.717) is 18.7 Å². The van der Waals surface area contributed by atoms with E-state index in [0.717, 1.165) is 30.8 Å². The van der Waals surface area contributed by atoms with Crippen molar-refractivity contribution in [1.82, 2.24) is 15.5 Å². The number of aromatic nitrogens is 2. The highest BCUT2D eigenvalue weighted by Gasteiger charge is 2.21. The molecule has 6 heteroatoms. The number of thioether (sulfide) groups is 1. The van der Waals surface area contributed by atoms with Crippen molar-refractivity contribution < 1.29 is 9.32 Å². The maximum Gasteiger partial charge on any atom is 0.226 e. The second-order valence-corrected chi connectivity index (χ2v) is 6.74. The summed E-state index contributed by atoms with van der Waals surface area (Å²) in [7, 11) is 0. The van der Waals surface area contributed by atoms with Gasteiger partial charge < -0.3 is 9.84 Å². The Morgan fingerprint density at radius 1 is 1.43 bits per heavy atom. The van der Waals surface area contributed by atoms with E-state index in [4.69, 9.17) is 4.52 Å². The highest BCUT2D eigenvalue weighted by Crippen LogP contribution is 2.35. The van der Waals surface area contributed by atoms with Crippen LogP contribution in [0.5, 0.6) is 0 Å². The third-order valence-corrected chi connectivity index (χ3v) is 5.04. The van der Waals surface area contributed by atoms with Crippen molar-refractivity contribution in [2.45, 2.75) is 50.0 Å². The Morgan fingerprint density at radius 2 is 2.30 bits per heavy atom. The van der Waals surface area contributed by atoms with Gasteiger partial charge in [-0.3, -0.25) is 4.79 Å². The predicted octanol–water partition coefficient (Wildman–Crippen LogP) is 3.31. The summed E-state index contributed by atoms with van der Waals surface area (Å²) >= 11 is 1.86. The fourth-order valence-corrected chi connectivity index (χ4v) is 3.82. The minimum Gasteiger partial charge on any atom is -0.349 e. The quantitative estimate of drug-likeness (QED) is 0.879. The van der Waals surface area contributed by atoms with Gasteiger partial charge in [0.05, 0.1) is 6.04 Å². The zero-order chi connectivity index (χ0) is 16.1. The summed E-state index contributed by atoms with van der Waals surface area (Å²) in [5.41, 5.74) is 1.24. The van der Waals surface area contributed by atoms with E-state index in [1.165, 1.54) is 10.5 Å². The van der Waals surface area contributed by atoms with E-state index >= 15 is 0 Å². The second kappa shape index (κ2) is 7.64. The molecule has 0 saturated carbocycles. The number of carbonyl (C=O) groups excluding carboxylic acids is 1. The molecule has 1 atom stereocenters. The molecule has 5 nitrogen and oxygen atoms in total. The van der Waals surface area contributed by atoms with Crippen LogP contribution in [0.1, 0.15) is 49.5 Å². The molecule has 0 bridgehead atoms. The molecule has 1 amide bonds. The molecule has 0 unspecified atom stereocenters. The van der Waals surface area contributed by atoms with Gasteiger partial charge in [-0.05, 0) is 24.5 Å². The fourth-order valence-electron chi connectivity index (χ4n) is 2.69. The molecular weight excluding hydrogens is 310 g/mol. The molecule has 2 heterocycles. The summed E-state index contributed by atoms with van der Waals surface area (Å²) in [5, 5.41) is 7.02. The van der Waals surface area contributed by atoms with Crippen LogP contribution in [0.15, 0.2) is 33.7 Å². The van der Waals surface area contributed by atoms with Crippen LogP contribution in [0.4, 0.5) is 0 Å². The average Bonchev–Trinajstić information content (AvgIpc) is 3.03. The van der Waals surface area contributed by atoms with Crippen LogP contribution in [0.25, 0.3) is 0 Å². The predicted molar refractivity (Wildman–Crippen MR) is 89.3 cm³/mol. The molecule has 1 aromatic carbocycles. The average molecular weight is 331 g/mol. The lowest BCUT2D eigenvalue weighted by Gasteiger charge is -2.25. The number of carbonyl (C=O) groups is 1. The first-order valence-corrected chi connectivity index (χ1v) is 9.07. The fraction of sp³-hybridized carbons (Fsp3) is 0.471. The van der Waals surface area contributed by atoms with E-state index in [-0.39, 0.29) is 11.9 Å². The molecule has 0 spiro atoms. The van der Waals surface area contributed by atoms with Crippen LogP contribution in [-0.4, -0.2) is 21.8 Å². The van der Waals surface area contributed by atoms with Crippen LogP contribution in [-0.2, 0) is 17.6 Å². The van der Waals surface area contributed by atoms with Gasteiger partial charge in [0, 0.05) is 29.9 Å². The highest BCUT2D eigenvalue weighted by atomic mass is 32.2. The van der Waals surface area contributed by atoms with Gasteiger partial charge in [-0.15, -0.1) is 11.8 Å². The SMILES string of the molecule is CCc1noc(CCCC(=O)N[C@H]2CCSc3ccccc32)n1. The molecule has 0 aliphatic carbocycles. The number of hydrogen-bond acceptors (Lipinski definition) is 5. The lowest BCUT2D eigenvalue weighted by atomic mass is 10.0. The monoisotopic (exact) mass is 331 g/mol. The minimum absolute atomic E-state index is 0.0898. The van der Waals surface area contributed by atoms with Gasteiger partial charge >= 0.3 is 0 Å². The molecule has 3 rings (SSSR count). The lowest BCUT2D eigenvalue weighted by Crippen LogP contribution is -2.30. The van der Waals surface area contributed by atoms with E-state index in [9.17, 15) is 4.79 Å². The topological polar surface area (TPSA) is 68.0 Å². The Kier molecular flexibility index (Phi) is 5.33. The third-order valence-electron chi connectivity index (χ3n) is 3.91. The molecule has 1 aliphatic heterocycles. The Morgan fingerprint density at radius 3 is 3.13 bits per heavy atom. The first-order valence-electron chi connectivity index (χ1n) is 8.09. The molecule has 1 aliphatic rings. The number of fused-ring (bicyclic) bond motifs is 1. The van der Waals surface area contributed by atoms with Crippen LogP contribution >= 0.6 is 11.8 Å². The Balaban J connectivity index is 1.48. The van der Waals surface area contributed by atoms with E-state index in [1.807, 2.05) is 30.8 Å². The zero-order valence-corrected chi connectivity index (χ0v) is 14.1. The molecule has 0 fully saturated rings. The molecule has 1 aromatic heterocycles. The molecular formula is C17H21N3O2S. The standard InChI is InChI=1S/C17H21N3O2S/c1-2-15-19-17(22-20-15)9-5-8-16(21)18-13-10-11-23-14-7-4-3-6-12(13)14/h3-4,6-7,13H,2,5,8-11H2,1H3,(H,18,21)/t13-/m0/s1. The van der Waals surface area contributed by atoms with E-state index in [1.54, 1.807) is 0 Å². The van der Waals surface area contributed by atoms with Crippen LogP contribution in [0.3, 0.4) is 0 Å². The first-order chi connectivity index (χ1) is 11.3. The summed E-state index contributed by atoms with van der Waals surface area (Å²) in [6, 6.07) is 8.45. The molecule has 23 heavy (non-hydrogen) atoms. The number of nitrogens with zero attached hydrogens (tertiary/aromatic N) is 2. The van der Waals surface area contributed by atoms with Gasteiger partial charge in [-0.1, -0.05) is 30.3 Å². The molecule has 1 N–H and O–H groups in total. The summed E-state index contributed by atoms with van der Waals surface area (Å²) < 4.78 is 5.14. The summed E-state index contributed by atoms with van der Waals surface area (Å²) in [6.07, 6.45) is 3.60. The third kappa shape index (κ3) is 4.13. The number of amides is 1. The van der Waals surface area contributed by atoms with Crippen molar-refractivity contribution in [3.05, 3.63) is 41.5 Å². The molecule has 0 saturated heterocycles. The van der Waals surface area contributed by atoms with Crippen LogP contribution < -0.4 is 5.32 Å². The first kappa shape index (κ1) is 16.1. The minimum atomic E-state index is 0.0898. The number of nitrogens with one attached hydrogen (secondary N) is 1. The van der Waals surface area contributed by atoms with Crippen molar-refractivity contribution >= 4 is 17.7 Å². The lowest BCUT2D eigenvalue weighted by molar-refractivity contribution is -0.122. The summed E-state index contributed by atoms with van der Waals surface area (Å²) in [6.45, 7) is 1.99. The van der Waals surface area contributed by atoms with Gasteiger partial charge in [0.25, 0.3) is 0 Å². The maximum atomic E-state index is 12.2. The normalized spacial score (nSPS) is 16.8. The van der Waals surface area contributed by atoms with Crippen molar-refractivity contribution in [3.63, 3.8) is 0 Å². The number of hydrogen-bond donors (Lipinski definition) is 1. The smallest absolute Gasteiger partial charge is 0.226 e. The number of aryl methyl sites for hydroxylation is 2. The zero-order valence-electron chi connectivity index (χ0n) is 13.2. The summed E-state index contributed by atoms with van der Waals surface area (Å²) in [5.74, 6) is 2.48. The van der Waals surface area contributed by atoms with Gasteiger partial charge in [0.2, 0.25) is 11.8 Å². The Hall–Kier alpha value is -1.82. The maximum absolute atomic E-state index is 12.2. The largest absolute Gasteiger partial charge is 0.349 e. The van der Waals surface area contributed by atoms with Crippen molar-refractivity contribution in [3.8, 4) is 0 Å². The van der Waals surface area contributed by atoms with Crippen LogP contribution in [0.2, 0.25) is 0 Å². The summed E-state index contributed by atoms with van der Waals surface area (Å²) in [4.78, 5) is 17.7. The molecule has 2 aromatic rings. The van der Waals surface area contributed by atoms with Gasteiger partial charge in [0.15, 0.2) is 5.82 Å². The number of rotatable bonds is 6. The van der Waals surface area contributed by atoms with Crippen molar-refractivity contribution in [2.75, 3.05) is 5.75 Å². The van der Waals surface area contributed by atoms with E-state index < -0.39 is 0 Å².